The highest BCUT2D eigenvalue weighted by Crippen LogP contribution is 2.08. The second-order valence-corrected chi connectivity index (χ2v) is 5.10. The predicted octanol–water partition coefficient (Wildman–Crippen LogP) is 1.31. The van der Waals surface area contributed by atoms with Gasteiger partial charge in [0.2, 0.25) is 0 Å². The molecule has 15 heavy (non-hydrogen) atoms. The summed E-state index contributed by atoms with van der Waals surface area (Å²) in [5, 5.41) is 0. The number of hydrogen-bond acceptors (Lipinski definition) is 6. The van der Waals surface area contributed by atoms with Gasteiger partial charge in [0.1, 0.15) is 9.52 Å². The van der Waals surface area contributed by atoms with E-state index in [9.17, 15) is 0 Å². The molecule has 0 aliphatic rings. The van der Waals surface area contributed by atoms with E-state index in [1.807, 2.05) is 20.8 Å². The zero-order valence-electron chi connectivity index (χ0n) is 8.84. The number of nitrogens with two attached hydrogens (primary N) is 1. The van der Waals surface area contributed by atoms with E-state index >= 15 is 0 Å². The number of anilines is 2. The maximum Gasteiger partial charge on any atom is 0.251 e. The molecule has 0 atom stereocenters. The van der Waals surface area contributed by atoms with Crippen LogP contribution in [0.15, 0.2) is 6.07 Å². The number of nitrogens with one attached hydrogen (secondary N) is 2. The third-order valence-electron chi connectivity index (χ3n) is 1.21. The highest BCUT2D eigenvalue weighted by molar-refractivity contribution is 14.1. The molecule has 0 aliphatic heterocycles. The van der Waals surface area contributed by atoms with Crippen LogP contribution in [0.2, 0.25) is 0 Å². The van der Waals surface area contributed by atoms with Crippen LogP contribution < -0.4 is 16.7 Å². The largest absolute Gasteiger partial charge is 0.384 e. The molecule has 0 fully saturated rings. The lowest BCUT2D eigenvalue weighted by Gasteiger charge is -2.19. The minimum absolute atomic E-state index is 0.152. The summed E-state index contributed by atoms with van der Waals surface area (Å²) < 4.78 is 0.752. The van der Waals surface area contributed by atoms with Crippen LogP contribution in [0.1, 0.15) is 20.8 Å². The summed E-state index contributed by atoms with van der Waals surface area (Å²) in [5.74, 6) is 0.729. The molecule has 7 heteroatoms. The monoisotopic (exact) mass is 323 g/mol. The van der Waals surface area contributed by atoms with Crippen molar-refractivity contribution < 1.29 is 4.94 Å². The lowest BCUT2D eigenvalue weighted by atomic mass is 10.1. The number of rotatable bonds is 3. The Morgan fingerprint density at radius 1 is 1.40 bits per heavy atom. The van der Waals surface area contributed by atoms with Crippen LogP contribution in [0.25, 0.3) is 0 Å². The van der Waals surface area contributed by atoms with Gasteiger partial charge in [-0.2, -0.15) is 15.4 Å². The van der Waals surface area contributed by atoms with Crippen molar-refractivity contribution in [1.82, 2.24) is 15.4 Å². The number of aromatic nitrogens is 2. The third-order valence-corrected chi connectivity index (χ3v) is 1.77. The Bertz CT molecular complexity index is 318. The van der Waals surface area contributed by atoms with Crippen LogP contribution >= 0.6 is 22.6 Å². The number of hydrogen-bond donors (Lipinski definition) is 3. The van der Waals surface area contributed by atoms with Crippen molar-refractivity contribution >= 4 is 34.4 Å². The summed E-state index contributed by atoms with van der Waals surface area (Å²) in [6, 6.07) is 1.67. The summed E-state index contributed by atoms with van der Waals surface area (Å²) in [6.45, 7) is 5.91. The van der Waals surface area contributed by atoms with E-state index in [2.05, 4.69) is 43.5 Å². The van der Waals surface area contributed by atoms with Crippen molar-refractivity contribution in [1.29, 1.82) is 0 Å². The minimum atomic E-state index is -0.152. The van der Waals surface area contributed by atoms with Crippen LogP contribution in [0.4, 0.5) is 11.8 Å². The van der Waals surface area contributed by atoms with Gasteiger partial charge in [0, 0.05) is 11.6 Å². The van der Waals surface area contributed by atoms with E-state index in [-0.39, 0.29) is 5.54 Å². The van der Waals surface area contributed by atoms with E-state index in [1.165, 1.54) is 0 Å². The molecular formula is C8H14IN5O. The van der Waals surface area contributed by atoms with Gasteiger partial charge in [-0.3, -0.25) is 0 Å². The second-order valence-electron chi connectivity index (χ2n) is 4.00. The first kappa shape index (κ1) is 12.4. The van der Waals surface area contributed by atoms with Gasteiger partial charge in [-0.15, -0.1) is 0 Å². The lowest BCUT2D eigenvalue weighted by molar-refractivity contribution is 0.0312. The van der Waals surface area contributed by atoms with E-state index < -0.39 is 0 Å². The molecule has 0 aromatic carbocycles. The van der Waals surface area contributed by atoms with Crippen LogP contribution in [-0.2, 0) is 4.94 Å². The molecule has 84 valence electrons. The maximum atomic E-state index is 5.55. The van der Waals surface area contributed by atoms with E-state index in [1.54, 1.807) is 6.07 Å². The number of hydroxylamine groups is 1. The van der Waals surface area contributed by atoms with Crippen LogP contribution in [0.5, 0.6) is 0 Å². The van der Waals surface area contributed by atoms with Gasteiger partial charge in [0.15, 0.2) is 0 Å². The SMILES string of the molecule is CC(C)(C)NONc1nc(N)cc(I)n1. The topological polar surface area (TPSA) is 85.1 Å². The Morgan fingerprint density at radius 3 is 2.60 bits per heavy atom. The van der Waals surface area contributed by atoms with Gasteiger partial charge < -0.3 is 5.73 Å². The first-order chi connectivity index (χ1) is 6.87. The Labute approximate surface area is 102 Å². The quantitative estimate of drug-likeness (QED) is 0.442. The fourth-order valence-electron chi connectivity index (χ4n) is 0.705. The summed E-state index contributed by atoms with van der Waals surface area (Å²) in [5.41, 5.74) is 10.7. The zero-order valence-corrected chi connectivity index (χ0v) is 11.0. The Balaban J connectivity index is 2.51. The Morgan fingerprint density at radius 2 is 2.07 bits per heavy atom. The first-order valence-corrected chi connectivity index (χ1v) is 5.44. The molecule has 4 N–H and O–H groups in total. The molecule has 0 bridgehead atoms. The average molecular weight is 323 g/mol. The van der Waals surface area contributed by atoms with Crippen LogP contribution in [0.3, 0.4) is 0 Å². The van der Waals surface area contributed by atoms with Crippen LogP contribution in [0, 0.1) is 3.70 Å². The van der Waals surface area contributed by atoms with Crippen molar-refractivity contribution in [3.8, 4) is 0 Å². The number of nitrogens with zero attached hydrogens (tertiary/aromatic N) is 2. The van der Waals surface area contributed by atoms with Gasteiger partial charge in [0.25, 0.3) is 5.95 Å². The lowest BCUT2D eigenvalue weighted by Crippen LogP contribution is -2.37. The van der Waals surface area contributed by atoms with Crippen molar-refractivity contribution in [2.45, 2.75) is 26.3 Å². The van der Waals surface area contributed by atoms with E-state index in [0.717, 1.165) is 3.70 Å². The maximum absolute atomic E-state index is 5.55. The van der Waals surface area contributed by atoms with Crippen molar-refractivity contribution in [3.05, 3.63) is 9.77 Å². The summed E-state index contributed by atoms with van der Waals surface area (Å²) >= 11 is 2.05. The second kappa shape index (κ2) is 4.90. The van der Waals surface area contributed by atoms with Crippen molar-refractivity contribution in [2.24, 2.45) is 0 Å². The fraction of sp³-hybridized carbons (Fsp3) is 0.500. The third kappa shape index (κ3) is 5.09. The molecule has 1 aromatic heterocycles. The number of nitrogen functional groups attached to an aromatic ring is 1. The molecule has 0 radical (unpaired) electrons. The molecule has 1 heterocycles. The molecule has 1 rings (SSSR count). The fourth-order valence-corrected chi connectivity index (χ4v) is 1.25. The van der Waals surface area contributed by atoms with Crippen LogP contribution in [-0.4, -0.2) is 15.5 Å². The highest BCUT2D eigenvalue weighted by atomic mass is 127. The standard InChI is InChI=1S/C8H14IN5O/c1-8(2,3)14-15-13-7-11-5(9)4-6(10)12-7/h4,14H,1-3H3,(H3,10,11,12,13). The summed E-state index contributed by atoms with van der Waals surface area (Å²) in [6.07, 6.45) is 0. The normalized spacial score (nSPS) is 11.5. The van der Waals surface area contributed by atoms with Crippen molar-refractivity contribution in [3.63, 3.8) is 0 Å². The number of halogens is 1. The molecule has 0 amide bonds. The van der Waals surface area contributed by atoms with E-state index in [4.69, 9.17) is 10.7 Å². The highest BCUT2D eigenvalue weighted by Gasteiger charge is 2.09. The predicted molar refractivity (Wildman–Crippen MR) is 66.8 cm³/mol. The van der Waals surface area contributed by atoms with Gasteiger partial charge >= 0.3 is 0 Å². The zero-order chi connectivity index (χ0) is 11.5. The molecule has 0 unspecified atom stereocenters. The smallest absolute Gasteiger partial charge is 0.251 e. The Hall–Kier alpha value is -0.670. The Kier molecular flexibility index (Phi) is 4.05. The molecule has 0 spiro atoms. The average Bonchev–Trinajstić information content (AvgIpc) is 1.99. The molecule has 0 saturated heterocycles. The van der Waals surface area contributed by atoms with Gasteiger partial charge in [-0.1, -0.05) is 0 Å². The summed E-state index contributed by atoms with van der Waals surface area (Å²) in [4.78, 5) is 13.0. The molecule has 0 saturated carbocycles. The summed E-state index contributed by atoms with van der Waals surface area (Å²) in [7, 11) is 0. The molecule has 0 aliphatic carbocycles. The van der Waals surface area contributed by atoms with Crippen molar-refractivity contribution in [2.75, 3.05) is 11.2 Å². The van der Waals surface area contributed by atoms with E-state index in [0.29, 0.717) is 11.8 Å². The molecular weight excluding hydrogens is 309 g/mol. The molecule has 6 nitrogen and oxygen atoms in total. The molecule has 1 aromatic rings. The first-order valence-electron chi connectivity index (χ1n) is 4.36. The van der Waals surface area contributed by atoms with Gasteiger partial charge in [0.05, 0.1) is 0 Å². The van der Waals surface area contributed by atoms with Gasteiger partial charge in [-0.25, -0.2) is 10.5 Å². The van der Waals surface area contributed by atoms with Gasteiger partial charge in [-0.05, 0) is 43.4 Å². The minimum Gasteiger partial charge on any atom is -0.384 e.